The van der Waals surface area contributed by atoms with Crippen molar-refractivity contribution in [3.8, 4) is 0 Å². The molecule has 0 aromatic carbocycles. The second kappa shape index (κ2) is 5.39. The molecule has 94 valence electrons. The van der Waals surface area contributed by atoms with Gasteiger partial charge in [-0.25, -0.2) is 0 Å². The lowest BCUT2D eigenvalue weighted by molar-refractivity contribution is -0.124. The number of nitrogens with one attached hydrogen (secondary N) is 1. The fourth-order valence-electron chi connectivity index (χ4n) is 2.34. The molecule has 0 atom stereocenters. The first-order chi connectivity index (χ1) is 7.37. The summed E-state index contributed by atoms with van der Waals surface area (Å²) in [7, 11) is 0. The third-order valence-electron chi connectivity index (χ3n) is 3.16. The molecular formula is C13H24ClNO. The monoisotopic (exact) mass is 245 g/mol. The molecule has 0 spiro atoms. The summed E-state index contributed by atoms with van der Waals surface area (Å²) in [6, 6.07) is 0. The Balaban J connectivity index is 2.52. The molecule has 0 unspecified atom stereocenters. The maximum absolute atomic E-state index is 11.9. The summed E-state index contributed by atoms with van der Waals surface area (Å²) in [5, 5.41) is 3.17. The maximum atomic E-state index is 11.9. The molecule has 0 aromatic rings. The van der Waals surface area contributed by atoms with Crippen molar-refractivity contribution < 1.29 is 4.79 Å². The Morgan fingerprint density at radius 3 is 2.25 bits per heavy atom. The van der Waals surface area contributed by atoms with E-state index in [0.29, 0.717) is 12.3 Å². The third kappa shape index (κ3) is 4.32. The fraction of sp³-hybridized carbons (Fsp3) is 0.923. The van der Waals surface area contributed by atoms with E-state index >= 15 is 0 Å². The number of amides is 1. The summed E-state index contributed by atoms with van der Waals surface area (Å²) >= 11 is 6.04. The van der Waals surface area contributed by atoms with Gasteiger partial charge in [0.25, 0.3) is 0 Å². The number of halogens is 1. The first-order valence-electron chi connectivity index (χ1n) is 6.24. The lowest BCUT2D eigenvalue weighted by atomic mass is 9.82. The predicted molar refractivity (Wildman–Crippen MR) is 68.8 cm³/mol. The van der Waals surface area contributed by atoms with Gasteiger partial charge >= 0.3 is 0 Å². The van der Waals surface area contributed by atoms with Crippen LogP contribution >= 0.6 is 11.6 Å². The average Bonchev–Trinajstić information content (AvgIpc) is 2.16. The topological polar surface area (TPSA) is 29.1 Å². The van der Waals surface area contributed by atoms with Crippen LogP contribution in [0.5, 0.6) is 0 Å². The zero-order valence-corrected chi connectivity index (χ0v) is 11.5. The Labute approximate surface area is 104 Å². The van der Waals surface area contributed by atoms with E-state index in [4.69, 9.17) is 11.6 Å². The second-order valence-corrected chi connectivity index (χ2v) is 6.53. The van der Waals surface area contributed by atoms with Gasteiger partial charge in [-0.1, -0.05) is 40.0 Å². The minimum absolute atomic E-state index is 0.0479. The standard InChI is InChI=1S/C13H24ClNO/c1-12(2,3)9-11(16)15-13(10-14)7-5-4-6-8-13/h4-10H2,1-3H3,(H,15,16). The summed E-state index contributed by atoms with van der Waals surface area (Å²) in [5.41, 5.74) is -0.0750. The molecule has 1 aliphatic rings. The summed E-state index contributed by atoms with van der Waals surface area (Å²) in [5.74, 6) is 0.693. The van der Waals surface area contributed by atoms with Crippen LogP contribution in [0.15, 0.2) is 0 Å². The van der Waals surface area contributed by atoms with Crippen molar-refractivity contribution in [2.24, 2.45) is 5.41 Å². The number of hydrogen-bond acceptors (Lipinski definition) is 1. The number of hydrogen-bond donors (Lipinski definition) is 1. The molecule has 0 saturated heterocycles. The molecular weight excluding hydrogens is 222 g/mol. The van der Waals surface area contributed by atoms with Crippen LogP contribution in [0.3, 0.4) is 0 Å². The van der Waals surface area contributed by atoms with Gasteiger partial charge in [-0.3, -0.25) is 4.79 Å². The predicted octanol–water partition coefficient (Wildman–Crippen LogP) is 3.48. The molecule has 1 aliphatic carbocycles. The molecule has 0 aliphatic heterocycles. The van der Waals surface area contributed by atoms with Gasteiger partial charge in [-0.05, 0) is 18.3 Å². The van der Waals surface area contributed by atoms with Gasteiger partial charge in [0.05, 0.1) is 5.54 Å². The first-order valence-corrected chi connectivity index (χ1v) is 6.77. The summed E-state index contributed by atoms with van der Waals surface area (Å²) in [6.07, 6.45) is 6.28. The van der Waals surface area contributed by atoms with Crippen LogP contribution in [0.1, 0.15) is 59.3 Å². The number of carbonyl (C=O) groups is 1. The highest BCUT2D eigenvalue weighted by molar-refractivity contribution is 6.18. The van der Waals surface area contributed by atoms with E-state index in [0.717, 1.165) is 12.8 Å². The van der Waals surface area contributed by atoms with E-state index in [-0.39, 0.29) is 16.9 Å². The second-order valence-electron chi connectivity index (χ2n) is 6.26. The van der Waals surface area contributed by atoms with Crippen molar-refractivity contribution in [3.05, 3.63) is 0 Å². The Morgan fingerprint density at radius 2 is 1.81 bits per heavy atom. The van der Waals surface area contributed by atoms with Crippen molar-refractivity contribution in [1.29, 1.82) is 0 Å². The SMILES string of the molecule is CC(C)(C)CC(=O)NC1(CCl)CCCCC1. The van der Waals surface area contributed by atoms with Crippen molar-refractivity contribution in [3.63, 3.8) is 0 Å². The third-order valence-corrected chi connectivity index (χ3v) is 3.67. The Hall–Kier alpha value is -0.240. The van der Waals surface area contributed by atoms with Crippen molar-refractivity contribution >= 4 is 17.5 Å². The van der Waals surface area contributed by atoms with Crippen LogP contribution < -0.4 is 5.32 Å². The van der Waals surface area contributed by atoms with Crippen LogP contribution in [-0.2, 0) is 4.79 Å². The largest absolute Gasteiger partial charge is 0.349 e. The van der Waals surface area contributed by atoms with E-state index in [1.165, 1.54) is 19.3 Å². The van der Waals surface area contributed by atoms with E-state index in [1.54, 1.807) is 0 Å². The number of alkyl halides is 1. The molecule has 0 aromatic heterocycles. The van der Waals surface area contributed by atoms with Crippen molar-refractivity contribution in [2.45, 2.75) is 64.8 Å². The van der Waals surface area contributed by atoms with Crippen LogP contribution in [-0.4, -0.2) is 17.3 Å². The van der Waals surface area contributed by atoms with Gasteiger partial charge in [0.1, 0.15) is 0 Å². The van der Waals surface area contributed by atoms with E-state index in [9.17, 15) is 4.79 Å². The molecule has 1 N–H and O–H groups in total. The fourth-order valence-corrected chi connectivity index (χ4v) is 2.68. The van der Waals surface area contributed by atoms with Gasteiger partial charge in [-0.15, -0.1) is 11.6 Å². The highest BCUT2D eigenvalue weighted by Gasteiger charge is 2.33. The maximum Gasteiger partial charge on any atom is 0.220 e. The Bertz CT molecular complexity index is 239. The van der Waals surface area contributed by atoms with Crippen LogP contribution in [0, 0.1) is 5.41 Å². The highest BCUT2D eigenvalue weighted by Crippen LogP contribution is 2.30. The van der Waals surface area contributed by atoms with Gasteiger partial charge in [0.15, 0.2) is 0 Å². The number of carbonyl (C=O) groups excluding carboxylic acids is 1. The smallest absolute Gasteiger partial charge is 0.220 e. The average molecular weight is 246 g/mol. The molecule has 0 heterocycles. The van der Waals surface area contributed by atoms with Crippen LogP contribution in [0.4, 0.5) is 0 Å². The van der Waals surface area contributed by atoms with E-state index in [1.807, 2.05) is 0 Å². The highest BCUT2D eigenvalue weighted by atomic mass is 35.5. The summed E-state index contributed by atoms with van der Waals surface area (Å²) in [4.78, 5) is 11.9. The van der Waals surface area contributed by atoms with Crippen molar-refractivity contribution in [1.82, 2.24) is 5.32 Å². The zero-order valence-electron chi connectivity index (χ0n) is 10.7. The van der Waals surface area contributed by atoms with Gasteiger partial charge < -0.3 is 5.32 Å². The lowest BCUT2D eigenvalue weighted by Crippen LogP contribution is -2.51. The quantitative estimate of drug-likeness (QED) is 0.758. The molecule has 1 saturated carbocycles. The molecule has 0 bridgehead atoms. The number of rotatable bonds is 3. The molecule has 1 amide bonds. The van der Waals surface area contributed by atoms with Crippen molar-refractivity contribution in [2.75, 3.05) is 5.88 Å². The molecule has 1 rings (SSSR count). The van der Waals surface area contributed by atoms with Gasteiger partial charge in [-0.2, -0.15) is 0 Å². The van der Waals surface area contributed by atoms with Gasteiger partial charge in [0, 0.05) is 12.3 Å². The molecule has 2 nitrogen and oxygen atoms in total. The Morgan fingerprint density at radius 1 is 1.25 bits per heavy atom. The minimum atomic E-state index is -0.123. The summed E-state index contributed by atoms with van der Waals surface area (Å²) in [6.45, 7) is 6.25. The van der Waals surface area contributed by atoms with E-state index in [2.05, 4.69) is 26.1 Å². The molecule has 3 heteroatoms. The first kappa shape index (κ1) is 13.8. The lowest BCUT2D eigenvalue weighted by Gasteiger charge is -2.37. The molecule has 0 radical (unpaired) electrons. The molecule has 1 fully saturated rings. The normalized spacial score (nSPS) is 20.5. The van der Waals surface area contributed by atoms with Gasteiger partial charge in [0.2, 0.25) is 5.91 Å². The summed E-state index contributed by atoms with van der Waals surface area (Å²) < 4.78 is 0. The molecule has 16 heavy (non-hydrogen) atoms. The Kier molecular flexibility index (Phi) is 4.66. The van der Waals surface area contributed by atoms with E-state index < -0.39 is 0 Å². The minimum Gasteiger partial charge on any atom is -0.349 e. The van der Waals surface area contributed by atoms with Crippen LogP contribution in [0.2, 0.25) is 0 Å². The zero-order chi connectivity index (χ0) is 12.2. The van der Waals surface area contributed by atoms with Crippen LogP contribution in [0.25, 0.3) is 0 Å².